The number of phenols is 1. The molecule has 4 rings (SSSR count). The van der Waals surface area contributed by atoms with E-state index in [1.54, 1.807) is 18.2 Å². The van der Waals surface area contributed by atoms with E-state index in [4.69, 9.17) is 4.74 Å². The van der Waals surface area contributed by atoms with Gasteiger partial charge in [-0.25, -0.2) is 0 Å². The number of aromatic nitrogens is 1. The topological polar surface area (TPSA) is 65.6 Å². The predicted octanol–water partition coefficient (Wildman–Crippen LogP) is 3.09. The Hall–Kier alpha value is -2.79. The number of aromatic amines is 1. The van der Waals surface area contributed by atoms with Crippen molar-refractivity contribution < 1.29 is 14.6 Å². The van der Waals surface area contributed by atoms with Crippen LogP contribution in [0.2, 0.25) is 0 Å². The minimum atomic E-state index is -0.224. The number of nitrogens with one attached hydrogen (secondary N) is 1. The van der Waals surface area contributed by atoms with Gasteiger partial charge in [-0.05, 0) is 29.8 Å². The third-order valence-electron chi connectivity index (χ3n) is 4.41. The Morgan fingerprint density at radius 1 is 1.21 bits per heavy atom. The average Bonchev–Trinajstić information content (AvgIpc) is 3.10. The molecule has 0 spiro atoms. The number of para-hydroxylation sites is 1. The zero-order chi connectivity index (χ0) is 16.5. The van der Waals surface area contributed by atoms with Crippen LogP contribution < -0.4 is 0 Å². The fourth-order valence-electron chi connectivity index (χ4n) is 3.19. The van der Waals surface area contributed by atoms with E-state index >= 15 is 0 Å². The Bertz CT molecular complexity index is 887. The predicted molar refractivity (Wildman–Crippen MR) is 91.0 cm³/mol. The van der Waals surface area contributed by atoms with Crippen LogP contribution in [0.25, 0.3) is 10.9 Å². The van der Waals surface area contributed by atoms with E-state index in [9.17, 15) is 9.90 Å². The van der Waals surface area contributed by atoms with E-state index in [-0.39, 0.29) is 17.8 Å². The molecule has 1 amide bonds. The third kappa shape index (κ3) is 2.63. The molecule has 0 saturated carbocycles. The summed E-state index contributed by atoms with van der Waals surface area (Å²) in [5.41, 5.74) is 2.42. The molecule has 0 bridgehead atoms. The molecule has 2 heterocycles. The maximum absolute atomic E-state index is 13.0. The van der Waals surface area contributed by atoms with Crippen molar-refractivity contribution >= 4 is 16.8 Å². The van der Waals surface area contributed by atoms with Gasteiger partial charge in [-0.2, -0.15) is 0 Å². The molecule has 1 unspecified atom stereocenters. The summed E-state index contributed by atoms with van der Waals surface area (Å²) in [7, 11) is 0. The van der Waals surface area contributed by atoms with Gasteiger partial charge in [0.15, 0.2) is 0 Å². The number of aromatic hydroxyl groups is 1. The Morgan fingerprint density at radius 3 is 2.96 bits per heavy atom. The van der Waals surface area contributed by atoms with Gasteiger partial charge in [0.1, 0.15) is 11.9 Å². The molecule has 1 aromatic heterocycles. The van der Waals surface area contributed by atoms with Crippen molar-refractivity contribution in [3.8, 4) is 5.75 Å². The SMILES string of the molecule is O=C(c1cccc2cc[nH]c12)N1CCOC(c2cccc(O)c2)C1. The molecule has 5 nitrogen and oxygen atoms in total. The highest BCUT2D eigenvalue weighted by molar-refractivity contribution is 6.05. The Labute approximate surface area is 139 Å². The van der Waals surface area contributed by atoms with Crippen LogP contribution in [-0.4, -0.2) is 40.6 Å². The van der Waals surface area contributed by atoms with Gasteiger partial charge in [0.2, 0.25) is 0 Å². The quantitative estimate of drug-likeness (QED) is 0.762. The number of morpholine rings is 1. The zero-order valence-corrected chi connectivity index (χ0v) is 13.1. The maximum Gasteiger partial charge on any atom is 0.256 e. The molecule has 1 aliphatic heterocycles. The number of hydrogen-bond acceptors (Lipinski definition) is 3. The van der Waals surface area contributed by atoms with Gasteiger partial charge in [0.25, 0.3) is 5.91 Å². The van der Waals surface area contributed by atoms with Gasteiger partial charge in [0.05, 0.1) is 24.2 Å². The minimum Gasteiger partial charge on any atom is -0.508 e. The Morgan fingerprint density at radius 2 is 2.08 bits per heavy atom. The summed E-state index contributed by atoms with van der Waals surface area (Å²) >= 11 is 0. The number of ether oxygens (including phenoxy) is 1. The zero-order valence-electron chi connectivity index (χ0n) is 13.1. The summed E-state index contributed by atoms with van der Waals surface area (Å²) in [6.45, 7) is 1.51. The van der Waals surface area contributed by atoms with Crippen molar-refractivity contribution in [3.05, 3.63) is 65.9 Å². The Kier molecular flexibility index (Phi) is 3.70. The summed E-state index contributed by atoms with van der Waals surface area (Å²) < 4.78 is 5.79. The van der Waals surface area contributed by atoms with E-state index in [0.717, 1.165) is 16.5 Å². The van der Waals surface area contributed by atoms with Crippen molar-refractivity contribution in [2.75, 3.05) is 19.7 Å². The van der Waals surface area contributed by atoms with Crippen LogP contribution >= 0.6 is 0 Å². The van der Waals surface area contributed by atoms with Crippen molar-refractivity contribution in [2.45, 2.75) is 6.10 Å². The molecule has 24 heavy (non-hydrogen) atoms. The second-order valence-corrected chi connectivity index (χ2v) is 5.95. The maximum atomic E-state index is 13.0. The number of nitrogens with zero attached hydrogens (tertiary/aromatic N) is 1. The van der Waals surface area contributed by atoms with Gasteiger partial charge in [-0.3, -0.25) is 4.79 Å². The first-order valence-electron chi connectivity index (χ1n) is 7.98. The number of amides is 1. The van der Waals surface area contributed by atoms with Gasteiger partial charge < -0.3 is 19.7 Å². The van der Waals surface area contributed by atoms with Crippen LogP contribution in [0.15, 0.2) is 54.7 Å². The molecule has 2 aromatic carbocycles. The summed E-state index contributed by atoms with van der Waals surface area (Å²) in [5, 5.41) is 10.7. The molecule has 3 aromatic rings. The summed E-state index contributed by atoms with van der Waals surface area (Å²) in [4.78, 5) is 17.9. The lowest BCUT2D eigenvalue weighted by Crippen LogP contribution is -2.42. The van der Waals surface area contributed by atoms with Crippen LogP contribution in [0.4, 0.5) is 0 Å². The van der Waals surface area contributed by atoms with Gasteiger partial charge in [-0.15, -0.1) is 0 Å². The number of fused-ring (bicyclic) bond motifs is 1. The average molecular weight is 322 g/mol. The second kappa shape index (κ2) is 6.02. The van der Waals surface area contributed by atoms with Crippen LogP contribution in [0.1, 0.15) is 22.0 Å². The molecule has 1 fully saturated rings. The largest absolute Gasteiger partial charge is 0.508 e. The molecule has 1 atom stereocenters. The summed E-state index contributed by atoms with van der Waals surface area (Å²) in [6.07, 6.45) is 1.62. The van der Waals surface area contributed by atoms with Gasteiger partial charge in [0, 0.05) is 18.1 Å². The van der Waals surface area contributed by atoms with Crippen LogP contribution in [0, 0.1) is 0 Å². The highest BCUT2D eigenvalue weighted by atomic mass is 16.5. The van der Waals surface area contributed by atoms with Gasteiger partial charge in [-0.1, -0.05) is 24.3 Å². The molecular formula is C19H18N2O3. The molecule has 5 heteroatoms. The first-order chi connectivity index (χ1) is 11.7. The third-order valence-corrected chi connectivity index (χ3v) is 4.41. The van der Waals surface area contributed by atoms with Crippen molar-refractivity contribution in [3.63, 3.8) is 0 Å². The van der Waals surface area contributed by atoms with Crippen molar-refractivity contribution in [1.82, 2.24) is 9.88 Å². The normalized spacial score (nSPS) is 18.0. The molecule has 0 aliphatic carbocycles. The highest BCUT2D eigenvalue weighted by Gasteiger charge is 2.27. The number of benzene rings is 2. The molecule has 1 saturated heterocycles. The number of H-pyrrole nitrogens is 1. The lowest BCUT2D eigenvalue weighted by Gasteiger charge is -2.33. The fraction of sp³-hybridized carbons (Fsp3) is 0.211. The number of rotatable bonds is 2. The molecular weight excluding hydrogens is 304 g/mol. The molecule has 1 aliphatic rings. The molecule has 2 N–H and O–H groups in total. The van der Waals surface area contributed by atoms with Crippen LogP contribution in [-0.2, 0) is 4.74 Å². The molecule has 122 valence electrons. The fourth-order valence-corrected chi connectivity index (χ4v) is 3.19. The second-order valence-electron chi connectivity index (χ2n) is 5.95. The first-order valence-corrected chi connectivity index (χ1v) is 7.98. The van der Waals surface area contributed by atoms with Crippen molar-refractivity contribution in [1.29, 1.82) is 0 Å². The number of carbonyl (C=O) groups is 1. The number of phenolic OH excluding ortho intramolecular Hbond substituents is 1. The lowest BCUT2D eigenvalue weighted by atomic mass is 10.1. The van der Waals surface area contributed by atoms with Crippen LogP contribution in [0.5, 0.6) is 5.75 Å². The smallest absolute Gasteiger partial charge is 0.256 e. The number of hydrogen-bond donors (Lipinski definition) is 2. The first kappa shape index (κ1) is 14.8. The Balaban J connectivity index is 1.60. The minimum absolute atomic E-state index is 0.00324. The highest BCUT2D eigenvalue weighted by Crippen LogP contribution is 2.27. The van der Waals surface area contributed by atoms with E-state index in [2.05, 4.69) is 4.98 Å². The van der Waals surface area contributed by atoms with Gasteiger partial charge >= 0.3 is 0 Å². The summed E-state index contributed by atoms with van der Waals surface area (Å²) in [5.74, 6) is 0.201. The standard InChI is InChI=1S/C19H18N2O3/c22-15-5-1-4-14(11-15)17-12-21(9-10-24-17)19(23)16-6-2-3-13-7-8-20-18(13)16/h1-8,11,17,20,22H,9-10,12H2. The van der Waals surface area contributed by atoms with E-state index < -0.39 is 0 Å². The van der Waals surface area contributed by atoms with E-state index in [0.29, 0.717) is 25.3 Å². The molecule has 0 radical (unpaired) electrons. The van der Waals surface area contributed by atoms with E-state index in [1.165, 1.54) is 0 Å². The van der Waals surface area contributed by atoms with E-state index in [1.807, 2.05) is 41.4 Å². The number of carbonyl (C=O) groups excluding carboxylic acids is 1. The van der Waals surface area contributed by atoms with Crippen molar-refractivity contribution in [2.24, 2.45) is 0 Å². The lowest BCUT2D eigenvalue weighted by molar-refractivity contribution is -0.0228. The monoisotopic (exact) mass is 322 g/mol. The summed E-state index contributed by atoms with van der Waals surface area (Å²) in [6, 6.07) is 14.7. The van der Waals surface area contributed by atoms with Crippen LogP contribution in [0.3, 0.4) is 0 Å².